The highest BCUT2D eigenvalue weighted by Crippen LogP contribution is 2.25. The zero-order valence-electron chi connectivity index (χ0n) is 17.3. The van der Waals surface area contributed by atoms with Crippen LogP contribution in [0.15, 0.2) is 41.4 Å². The molecule has 0 unspecified atom stereocenters. The lowest BCUT2D eigenvalue weighted by molar-refractivity contribution is -0.142. The molecule has 8 nitrogen and oxygen atoms in total. The maximum absolute atomic E-state index is 12.3. The number of nitrogens with zero attached hydrogens (tertiary/aromatic N) is 4. The van der Waals surface area contributed by atoms with E-state index in [0.717, 1.165) is 5.56 Å². The number of amides is 1. The fraction of sp³-hybridized carbons (Fsp3) is 0.381. The van der Waals surface area contributed by atoms with Gasteiger partial charge in [0.15, 0.2) is 11.5 Å². The maximum atomic E-state index is 12.3. The van der Waals surface area contributed by atoms with Crippen molar-refractivity contribution in [2.45, 2.75) is 43.9 Å². The summed E-state index contributed by atoms with van der Waals surface area (Å²) in [7, 11) is 0. The fourth-order valence-electron chi connectivity index (χ4n) is 2.81. The van der Waals surface area contributed by atoms with Crippen LogP contribution in [-0.4, -0.2) is 50.1 Å². The van der Waals surface area contributed by atoms with Crippen molar-refractivity contribution in [1.29, 1.82) is 0 Å². The third kappa shape index (κ3) is 5.35. The number of carbonyl (C=O) groups is 2. The number of fused-ring (bicyclic) bond motifs is 1. The van der Waals surface area contributed by atoms with Crippen molar-refractivity contribution in [1.82, 2.24) is 25.1 Å². The van der Waals surface area contributed by atoms with Crippen LogP contribution < -0.4 is 5.32 Å². The Labute approximate surface area is 179 Å². The first-order valence-corrected chi connectivity index (χ1v) is 10.8. The molecule has 1 atom stereocenters. The van der Waals surface area contributed by atoms with Gasteiger partial charge in [0.25, 0.3) is 5.91 Å². The second kappa shape index (κ2) is 10.2. The normalized spacial score (nSPS) is 12.0. The molecule has 0 aliphatic rings. The van der Waals surface area contributed by atoms with Crippen molar-refractivity contribution < 1.29 is 14.3 Å². The van der Waals surface area contributed by atoms with Crippen LogP contribution in [0.5, 0.6) is 0 Å². The van der Waals surface area contributed by atoms with Gasteiger partial charge in [0.05, 0.1) is 6.61 Å². The summed E-state index contributed by atoms with van der Waals surface area (Å²) in [6.07, 6.45) is 1.12. The lowest BCUT2D eigenvalue weighted by atomic mass is 10.1. The van der Waals surface area contributed by atoms with E-state index < -0.39 is 0 Å². The minimum absolute atomic E-state index is 0.131. The van der Waals surface area contributed by atoms with Gasteiger partial charge in [0.2, 0.25) is 0 Å². The number of thioether (sulfide) groups is 1. The molecule has 30 heavy (non-hydrogen) atoms. The zero-order chi connectivity index (χ0) is 21.5. The molecule has 2 aromatic heterocycles. The van der Waals surface area contributed by atoms with Gasteiger partial charge in [-0.2, -0.15) is 9.61 Å². The third-order valence-electron chi connectivity index (χ3n) is 4.43. The maximum Gasteiger partial charge on any atom is 0.319 e. The van der Waals surface area contributed by atoms with Gasteiger partial charge in [-0.25, -0.2) is 0 Å². The average molecular weight is 428 g/mol. The molecule has 1 amide bonds. The molecule has 3 aromatic rings. The number of nitrogens with one attached hydrogen (secondary N) is 1. The summed E-state index contributed by atoms with van der Waals surface area (Å²) < 4.78 is 6.77. The van der Waals surface area contributed by atoms with Gasteiger partial charge in [-0.3, -0.25) is 9.59 Å². The Morgan fingerprint density at radius 1 is 1.13 bits per heavy atom. The van der Waals surface area contributed by atoms with Gasteiger partial charge in [-0.05, 0) is 44.5 Å². The van der Waals surface area contributed by atoms with Crippen LogP contribution in [0.2, 0.25) is 0 Å². The van der Waals surface area contributed by atoms with Gasteiger partial charge in [-0.1, -0.05) is 36.4 Å². The summed E-state index contributed by atoms with van der Waals surface area (Å²) in [4.78, 5) is 24.3. The SMILES string of the molecule is CCOC(=O)[C@H](CC)Sc1ccc2nnc(CCNC(=O)c3ccc(C)cc3)n2n1. The molecule has 0 radical (unpaired) electrons. The van der Waals surface area contributed by atoms with E-state index in [9.17, 15) is 9.59 Å². The van der Waals surface area contributed by atoms with Crippen molar-refractivity contribution in [2.24, 2.45) is 0 Å². The predicted molar refractivity (Wildman–Crippen MR) is 115 cm³/mol. The molecule has 2 heterocycles. The molecule has 0 aliphatic heterocycles. The molecule has 0 saturated heterocycles. The van der Waals surface area contributed by atoms with E-state index in [0.29, 0.717) is 48.1 Å². The van der Waals surface area contributed by atoms with Gasteiger partial charge in [0, 0.05) is 18.5 Å². The highest BCUT2D eigenvalue weighted by molar-refractivity contribution is 8.00. The first-order chi connectivity index (χ1) is 14.5. The Morgan fingerprint density at radius 3 is 2.60 bits per heavy atom. The van der Waals surface area contributed by atoms with Crippen LogP contribution in [0.25, 0.3) is 5.65 Å². The van der Waals surface area contributed by atoms with Crippen LogP contribution in [0.1, 0.15) is 42.0 Å². The summed E-state index contributed by atoms with van der Waals surface area (Å²) in [5.74, 6) is 0.267. The minimum atomic E-state index is -0.316. The Kier molecular flexibility index (Phi) is 7.40. The highest BCUT2D eigenvalue weighted by Gasteiger charge is 2.20. The summed E-state index contributed by atoms with van der Waals surface area (Å²) in [5, 5.41) is 16.1. The Balaban J connectivity index is 1.65. The number of benzene rings is 1. The standard InChI is InChI=1S/C21H25N5O3S/c1-4-16(21(28)29-5-2)30-19-11-10-17-23-24-18(26(17)25-19)12-13-22-20(27)15-8-6-14(3)7-9-15/h6-11,16H,4-5,12-13H2,1-3H3,(H,22,27)/t16-/m0/s1. The largest absolute Gasteiger partial charge is 0.465 e. The smallest absolute Gasteiger partial charge is 0.319 e. The monoisotopic (exact) mass is 427 g/mol. The second-order valence-corrected chi connectivity index (χ2v) is 7.92. The van der Waals surface area contributed by atoms with Crippen molar-refractivity contribution in [3.8, 4) is 0 Å². The molecular weight excluding hydrogens is 402 g/mol. The molecule has 0 saturated carbocycles. The van der Waals surface area contributed by atoms with Crippen LogP contribution in [-0.2, 0) is 16.0 Å². The van der Waals surface area contributed by atoms with Crippen LogP contribution in [0.4, 0.5) is 0 Å². The molecule has 3 rings (SSSR count). The zero-order valence-corrected chi connectivity index (χ0v) is 18.1. The summed E-state index contributed by atoms with van der Waals surface area (Å²) in [6.45, 7) is 6.47. The first kappa shape index (κ1) is 21.8. The summed E-state index contributed by atoms with van der Waals surface area (Å²) >= 11 is 1.36. The lowest BCUT2D eigenvalue weighted by Gasteiger charge is -2.12. The third-order valence-corrected chi connectivity index (χ3v) is 5.70. The Hall–Kier alpha value is -2.94. The quantitative estimate of drug-likeness (QED) is 0.414. The predicted octanol–water partition coefficient (Wildman–Crippen LogP) is 2.84. The van der Waals surface area contributed by atoms with Gasteiger partial charge in [-0.15, -0.1) is 10.2 Å². The number of rotatable bonds is 9. The molecule has 0 fully saturated rings. The summed E-state index contributed by atoms with van der Waals surface area (Å²) in [6, 6.07) is 11.0. The molecule has 0 bridgehead atoms. The van der Waals surface area contributed by atoms with Gasteiger partial charge < -0.3 is 10.1 Å². The molecule has 1 aromatic carbocycles. The number of carbonyl (C=O) groups excluding carboxylic acids is 2. The number of aromatic nitrogens is 4. The molecule has 0 aliphatic carbocycles. The van der Waals surface area contributed by atoms with Crippen LogP contribution in [0.3, 0.4) is 0 Å². The topological polar surface area (TPSA) is 98.5 Å². The van der Waals surface area contributed by atoms with E-state index in [4.69, 9.17) is 4.74 Å². The van der Waals surface area contributed by atoms with Crippen molar-refractivity contribution in [2.75, 3.05) is 13.2 Å². The van der Waals surface area contributed by atoms with Crippen LogP contribution in [0, 0.1) is 6.92 Å². The van der Waals surface area contributed by atoms with Gasteiger partial charge >= 0.3 is 5.97 Å². The average Bonchev–Trinajstić information content (AvgIpc) is 3.14. The fourth-order valence-corrected chi connectivity index (χ4v) is 3.71. The molecule has 158 valence electrons. The van der Waals surface area contributed by atoms with Crippen molar-refractivity contribution >= 4 is 29.3 Å². The Morgan fingerprint density at radius 2 is 1.90 bits per heavy atom. The highest BCUT2D eigenvalue weighted by atomic mass is 32.2. The summed E-state index contributed by atoms with van der Waals surface area (Å²) in [5.41, 5.74) is 2.34. The van der Waals surface area contributed by atoms with E-state index in [2.05, 4.69) is 20.6 Å². The molecule has 1 N–H and O–H groups in total. The van der Waals surface area contributed by atoms with E-state index in [1.807, 2.05) is 38.1 Å². The van der Waals surface area contributed by atoms with Crippen molar-refractivity contribution in [3.63, 3.8) is 0 Å². The molecule has 0 spiro atoms. The Bertz CT molecular complexity index is 1020. The van der Waals surface area contributed by atoms with E-state index in [1.54, 1.807) is 23.6 Å². The second-order valence-electron chi connectivity index (χ2n) is 6.70. The molecular formula is C21H25N5O3S. The van der Waals surface area contributed by atoms with Crippen LogP contribution >= 0.6 is 11.8 Å². The number of hydrogen-bond acceptors (Lipinski definition) is 7. The number of esters is 1. The van der Waals surface area contributed by atoms with E-state index >= 15 is 0 Å². The minimum Gasteiger partial charge on any atom is -0.465 e. The van der Waals surface area contributed by atoms with Gasteiger partial charge in [0.1, 0.15) is 10.3 Å². The molecule has 9 heteroatoms. The number of hydrogen-bond donors (Lipinski definition) is 1. The van der Waals surface area contributed by atoms with E-state index in [-0.39, 0.29) is 17.1 Å². The lowest BCUT2D eigenvalue weighted by Crippen LogP contribution is -2.26. The van der Waals surface area contributed by atoms with E-state index in [1.165, 1.54) is 11.8 Å². The number of ether oxygens (including phenoxy) is 1. The number of aryl methyl sites for hydroxylation is 1. The first-order valence-electron chi connectivity index (χ1n) is 9.91. The van der Waals surface area contributed by atoms with Crippen molar-refractivity contribution in [3.05, 3.63) is 53.3 Å².